The molecule has 166 valence electrons. The van der Waals surface area contributed by atoms with E-state index in [1.54, 1.807) is 30.5 Å². The Morgan fingerprint density at radius 1 is 1.00 bits per heavy atom. The van der Waals surface area contributed by atoms with Crippen molar-refractivity contribution in [2.75, 3.05) is 11.9 Å². The molecule has 0 atom stereocenters. The zero-order chi connectivity index (χ0) is 23.3. The van der Waals surface area contributed by atoms with Gasteiger partial charge < -0.3 is 14.6 Å². The van der Waals surface area contributed by atoms with E-state index in [1.807, 2.05) is 26.8 Å². The molecule has 1 aromatic heterocycles. The summed E-state index contributed by atoms with van der Waals surface area (Å²) in [4.78, 5) is 24.4. The van der Waals surface area contributed by atoms with Crippen LogP contribution >= 0.6 is 0 Å². The standard InChI is InChI=1S/C25H28N4O3/c1-6-32-23-10-8-7-9-22(23)27-24(30)25(31)28-26-15-20-14-18(4)29(19(20)5)21-12-11-16(2)17(3)13-21/h7-15H,6H2,1-5H3,(H,27,30)(H,28,31)/b26-15-. The summed E-state index contributed by atoms with van der Waals surface area (Å²) in [6.45, 7) is 10.5. The van der Waals surface area contributed by atoms with E-state index in [1.165, 1.54) is 11.1 Å². The Hall–Kier alpha value is -3.87. The number of nitrogens with zero attached hydrogens (tertiary/aromatic N) is 2. The average Bonchev–Trinajstić information content (AvgIpc) is 3.04. The van der Waals surface area contributed by atoms with Gasteiger partial charge in [0.05, 0.1) is 18.5 Å². The summed E-state index contributed by atoms with van der Waals surface area (Å²) in [7, 11) is 0. The normalized spacial score (nSPS) is 10.9. The van der Waals surface area contributed by atoms with Crippen molar-refractivity contribution in [3.63, 3.8) is 0 Å². The van der Waals surface area contributed by atoms with Crippen LogP contribution in [-0.2, 0) is 9.59 Å². The summed E-state index contributed by atoms with van der Waals surface area (Å²) in [6, 6.07) is 15.2. The number of hydrogen-bond acceptors (Lipinski definition) is 4. The van der Waals surface area contributed by atoms with Gasteiger partial charge in [0.2, 0.25) is 0 Å². The summed E-state index contributed by atoms with van der Waals surface area (Å²) in [5, 5.41) is 6.52. The molecule has 0 spiro atoms. The van der Waals surface area contributed by atoms with E-state index in [0.717, 1.165) is 22.6 Å². The first-order valence-corrected chi connectivity index (χ1v) is 10.4. The zero-order valence-electron chi connectivity index (χ0n) is 19.0. The summed E-state index contributed by atoms with van der Waals surface area (Å²) in [5.74, 6) is -1.19. The second-order valence-corrected chi connectivity index (χ2v) is 7.51. The van der Waals surface area contributed by atoms with E-state index in [4.69, 9.17) is 4.74 Å². The minimum Gasteiger partial charge on any atom is -0.492 e. The fourth-order valence-electron chi connectivity index (χ4n) is 3.42. The molecule has 0 aliphatic heterocycles. The molecule has 2 amide bonds. The second-order valence-electron chi connectivity index (χ2n) is 7.51. The van der Waals surface area contributed by atoms with E-state index in [2.05, 4.69) is 52.5 Å². The SMILES string of the molecule is CCOc1ccccc1NC(=O)C(=O)N/N=C\c1cc(C)n(-c2ccc(C)c(C)c2)c1C. The third-order valence-electron chi connectivity index (χ3n) is 5.23. The molecule has 2 N–H and O–H groups in total. The second kappa shape index (κ2) is 9.96. The molecule has 0 aliphatic rings. The van der Waals surface area contributed by atoms with Gasteiger partial charge in [-0.1, -0.05) is 18.2 Å². The van der Waals surface area contributed by atoms with Gasteiger partial charge >= 0.3 is 11.8 Å². The number of hydrazone groups is 1. The number of carbonyl (C=O) groups excluding carboxylic acids is 2. The van der Waals surface area contributed by atoms with Crippen LogP contribution in [0.4, 0.5) is 5.69 Å². The third kappa shape index (κ3) is 5.06. The highest BCUT2D eigenvalue weighted by Crippen LogP contribution is 2.24. The van der Waals surface area contributed by atoms with Crippen molar-refractivity contribution in [3.05, 3.63) is 76.6 Å². The fraction of sp³-hybridized carbons (Fsp3) is 0.240. The third-order valence-corrected chi connectivity index (χ3v) is 5.23. The number of ether oxygens (including phenoxy) is 1. The van der Waals surface area contributed by atoms with Crippen molar-refractivity contribution in [1.29, 1.82) is 0 Å². The number of amides is 2. The van der Waals surface area contributed by atoms with Crippen molar-refractivity contribution >= 4 is 23.7 Å². The number of aryl methyl sites for hydroxylation is 3. The Bertz CT molecular complexity index is 1180. The van der Waals surface area contributed by atoms with E-state index in [0.29, 0.717) is 18.0 Å². The largest absolute Gasteiger partial charge is 0.492 e. The zero-order valence-corrected chi connectivity index (χ0v) is 19.0. The molecule has 0 unspecified atom stereocenters. The molecule has 3 aromatic rings. The number of rotatable bonds is 6. The monoisotopic (exact) mass is 432 g/mol. The highest BCUT2D eigenvalue weighted by molar-refractivity contribution is 6.39. The predicted molar refractivity (Wildman–Crippen MR) is 127 cm³/mol. The van der Waals surface area contributed by atoms with Crippen LogP contribution in [0, 0.1) is 27.7 Å². The van der Waals surface area contributed by atoms with Crippen LogP contribution in [0.1, 0.15) is 35.0 Å². The molecule has 2 aromatic carbocycles. The number of para-hydroxylation sites is 2. The highest BCUT2D eigenvalue weighted by atomic mass is 16.5. The van der Waals surface area contributed by atoms with Gasteiger partial charge in [0, 0.05) is 22.6 Å². The van der Waals surface area contributed by atoms with Crippen LogP contribution in [0.3, 0.4) is 0 Å². The van der Waals surface area contributed by atoms with Crippen molar-refractivity contribution in [1.82, 2.24) is 9.99 Å². The van der Waals surface area contributed by atoms with Gasteiger partial charge in [-0.3, -0.25) is 9.59 Å². The molecule has 1 heterocycles. The highest BCUT2D eigenvalue weighted by Gasteiger charge is 2.15. The van der Waals surface area contributed by atoms with Crippen LogP contribution in [0.5, 0.6) is 5.75 Å². The quantitative estimate of drug-likeness (QED) is 0.348. The molecule has 0 radical (unpaired) electrons. The molecule has 7 heteroatoms. The lowest BCUT2D eigenvalue weighted by Crippen LogP contribution is -2.32. The van der Waals surface area contributed by atoms with Crippen molar-refractivity contribution in [2.24, 2.45) is 5.10 Å². The van der Waals surface area contributed by atoms with Gasteiger partial charge in [-0.15, -0.1) is 0 Å². The summed E-state index contributed by atoms with van der Waals surface area (Å²) < 4.78 is 7.59. The lowest BCUT2D eigenvalue weighted by molar-refractivity contribution is -0.136. The Morgan fingerprint density at radius 3 is 2.47 bits per heavy atom. The van der Waals surface area contributed by atoms with Gasteiger partial charge in [-0.25, -0.2) is 5.43 Å². The summed E-state index contributed by atoms with van der Waals surface area (Å²) >= 11 is 0. The molecule has 0 saturated heterocycles. The van der Waals surface area contributed by atoms with Gasteiger partial charge in [-0.05, 0) is 76.1 Å². The lowest BCUT2D eigenvalue weighted by atomic mass is 10.1. The maximum atomic E-state index is 12.2. The maximum absolute atomic E-state index is 12.2. The number of benzene rings is 2. The van der Waals surface area contributed by atoms with Crippen LogP contribution in [-0.4, -0.2) is 29.2 Å². The number of hydrogen-bond donors (Lipinski definition) is 2. The molecule has 0 bridgehead atoms. The molecule has 32 heavy (non-hydrogen) atoms. The molecular weight excluding hydrogens is 404 g/mol. The number of carbonyl (C=O) groups is 2. The van der Waals surface area contributed by atoms with Gasteiger partial charge in [0.1, 0.15) is 5.75 Å². The van der Waals surface area contributed by atoms with Gasteiger partial charge in [0.15, 0.2) is 0 Å². The molecular formula is C25H28N4O3. The summed E-state index contributed by atoms with van der Waals surface area (Å²) in [5.41, 5.74) is 9.11. The Morgan fingerprint density at radius 2 is 1.75 bits per heavy atom. The van der Waals surface area contributed by atoms with E-state index < -0.39 is 11.8 Å². The van der Waals surface area contributed by atoms with Crippen molar-refractivity contribution < 1.29 is 14.3 Å². The Kier molecular flexibility index (Phi) is 7.10. The first-order valence-electron chi connectivity index (χ1n) is 10.4. The first-order chi connectivity index (χ1) is 15.3. The van der Waals surface area contributed by atoms with E-state index in [-0.39, 0.29) is 0 Å². The number of aromatic nitrogens is 1. The average molecular weight is 433 g/mol. The van der Waals surface area contributed by atoms with Gasteiger partial charge in [0.25, 0.3) is 0 Å². The van der Waals surface area contributed by atoms with Crippen LogP contribution < -0.4 is 15.5 Å². The molecule has 0 fully saturated rings. The number of nitrogens with one attached hydrogen (secondary N) is 2. The molecule has 0 saturated carbocycles. The van der Waals surface area contributed by atoms with E-state index in [9.17, 15) is 9.59 Å². The summed E-state index contributed by atoms with van der Waals surface area (Å²) in [6.07, 6.45) is 1.54. The smallest absolute Gasteiger partial charge is 0.329 e. The van der Waals surface area contributed by atoms with Crippen molar-refractivity contribution in [2.45, 2.75) is 34.6 Å². The predicted octanol–water partition coefficient (Wildman–Crippen LogP) is 4.20. The van der Waals surface area contributed by atoms with Crippen LogP contribution in [0.15, 0.2) is 53.6 Å². The minimum atomic E-state index is -0.865. The lowest BCUT2D eigenvalue weighted by Gasteiger charge is -2.11. The molecule has 0 aliphatic carbocycles. The van der Waals surface area contributed by atoms with Crippen molar-refractivity contribution in [3.8, 4) is 11.4 Å². The van der Waals surface area contributed by atoms with E-state index >= 15 is 0 Å². The fourth-order valence-corrected chi connectivity index (χ4v) is 3.42. The first kappa shape index (κ1) is 22.8. The van der Waals surface area contributed by atoms with Gasteiger partial charge in [-0.2, -0.15) is 5.10 Å². The topological polar surface area (TPSA) is 84.7 Å². The minimum absolute atomic E-state index is 0.426. The molecule has 3 rings (SSSR count). The Labute approximate surface area is 188 Å². The Balaban J connectivity index is 1.69. The maximum Gasteiger partial charge on any atom is 0.329 e. The van der Waals surface area contributed by atoms with Crippen LogP contribution in [0.2, 0.25) is 0 Å². The molecule has 7 nitrogen and oxygen atoms in total. The number of anilines is 1. The van der Waals surface area contributed by atoms with Crippen LogP contribution in [0.25, 0.3) is 5.69 Å².